The van der Waals surface area contributed by atoms with Gasteiger partial charge < -0.3 is 45.0 Å². The van der Waals surface area contributed by atoms with Gasteiger partial charge in [-0.3, -0.25) is 19.5 Å². The van der Waals surface area contributed by atoms with Crippen molar-refractivity contribution in [2.24, 2.45) is 17.8 Å². The molecule has 3 aromatic carbocycles. The molecular weight excluding hydrogens is 1040 g/mol. The molecule has 6 aliphatic heterocycles. The lowest BCUT2D eigenvalue weighted by Crippen LogP contribution is -2.61. The Kier molecular flexibility index (Phi) is 14.4. The molecule has 0 spiro atoms. The molecule has 0 saturated carbocycles. The highest BCUT2D eigenvalue weighted by molar-refractivity contribution is 7.13. The van der Waals surface area contributed by atoms with Crippen LogP contribution in [0.1, 0.15) is 101 Å². The van der Waals surface area contributed by atoms with Crippen LogP contribution in [-0.2, 0) is 16.0 Å². The summed E-state index contributed by atoms with van der Waals surface area (Å²) in [5.74, 6) is 1.89. The zero-order chi connectivity index (χ0) is 55.8. The summed E-state index contributed by atoms with van der Waals surface area (Å²) < 4.78 is 23.2. The van der Waals surface area contributed by atoms with Crippen LogP contribution in [0.5, 0.6) is 5.75 Å². The van der Waals surface area contributed by atoms with E-state index in [-0.39, 0.29) is 53.7 Å². The van der Waals surface area contributed by atoms with Gasteiger partial charge in [-0.15, -0.1) is 11.3 Å². The van der Waals surface area contributed by atoms with Gasteiger partial charge in [0.1, 0.15) is 34.7 Å². The van der Waals surface area contributed by atoms with Gasteiger partial charge in [-0.2, -0.15) is 4.98 Å². The van der Waals surface area contributed by atoms with Crippen LogP contribution in [0.4, 0.5) is 22.0 Å². The fourth-order valence-electron chi connectivity index (χ4n) is 14.0. The molecule has 81 heavy (non-hydrogen) atoms. The first kappa shape index (κ1) is 53.5. The lowest BCUT2D eigenvalue weighted by Gasteiger charge is -2.48. The summed E-state index contributed by atoms with van der Waals surface area (Å²) in [4.78, 5) is 59.6. The number of nitrogens with one attached hydrogen (secondary N) is 2. The molecule has 13 rings (SSSR count). The predicted molar refractivity (Wildman–Crippen MR) is 313 cm³/mol. The van der Waals surface area contributed by atoms with Gasteiger partial charge in [-0.05, 0) is 123 Å². The second-order valence-corrected chi connectivity index (χ2v) is 25.2. The highest BCUT2D eigenvalue weighted by atomic mass is 32.1. The molecule has 7 aromatic rings. The average molecular weight is 1120 g/mol. The van der Waals surface area contributed by atoms with Gasteiger partial charge in [0.2, 0.25) is 17.8 Å². The highest BCUT2D eigenvalue weighted by Crippen LogP contribution is 2.42. The summed E-state index contributed by atoms with van der Waals surface area (Å²) in [6.45, 7) is 17.0. The molecule has 2 bridgehead atoms. The summed E-state index contributed by atoms with van der Waals surface area (Å²) in [6.07, 6.45) is 7.49. The summed E-state index contributed by atoms with van der Waals surface area (Å²) in [5.41, 5.74) is 6.91. The number of nitrogens with zero attached hydrogens (tertiary/aromatic N) is 10. The van der Waals surface area contributed by atoms with Crippen molar-refractivity contribution >= 4 is 62.4 Å². The molecule has 0 radical (unpaired) electrons. The molecule has 19 heteroatoms. The Morgan fingerprint density at radius 2 is 1.65 bits per heavy atom. The Balaban J connectivity index is 0.618. The Hall–Kier alpha value is -6.80. The van der Waals surface area contributed by atoms with E-state index < -0.39 is 23.9 Å². The molecule has 10 heterocycles. The number of carbonyl (C=O) groups is 2. The number of amides is 2. The molecule has 6 saturated heterocycles. The van der Waals surface area contributed by atoms with Crippen molar-refractivity contribution < 1.29 is 28.7 Å². The summed E-state index contributed by atoms with van der Waals surface area (Å²) >= 11 is 1.60. The van der Waals surface area contributed by atoms with Crippen molar-refractivity contribution in [2.45, 2.75) is 122 Å². The first-order valence-electron chi connectivity index (χ1n) is 29.4. The maximum atomic E-state index is 17.3. The van der Waals surface area contributed by atoms with E-state index in [1.165, 1.54) is 4.90 Å². The average Bonchev–Trinajstić information content (AvgIpc) is 4.44. The quantitative estimate of drug-likeness (QED) is 0.0762. The number of aromatic hydroxyl groups is 1. The monoisotopic (exact) mass is 1120 g/mol. The maximum Gasteiger partial charge on any atom is 0.243 e. The van der Waals surface area contributed by atoms with Crippen LogP contribution in [0.3, 0.4) is 0 Å². The number of aliphatic hydroxyl groups excluding tert-OH is 1. The van der Waals surface area contributed by atoms with Gasteiger partial charge in [0, 0.05) is 88.2 Å². The molecule has 424 valence electrons. The maximum absolute atomic E-state index is 17.3. The molecule has 6 aliphatic rings. The van der Waals surface area contributed by atoms with Crippen molar-refractivity contribution in [3.8, 4) is 27.4 Å². The summed E-state index contributed by atoms with van der Waals surface area (Å²) in [7, 11) is 0. The molecule has 4 aromatic heterocycles. The number of hydrogen-bond donors (Lipinski definition) is 4. The number of β-amino-alcohol motifs (C(OH)–C–C–N with tert-alkyl or cyclic N) is 1. The Labute approximate surface area is 475 Å². The van der Waals surface area contributed by atoms with E-state index in [9.17, 15) is 19.8 Å². The molecule has 6 fully saturated rings. The number of aryl methyl sites for hydroxylation is 2. The lowest BCUT2D eigenvalue weighted by atomic mass is 9.83. The number of hydrogen-bond acceptors (Lipinski definition) is 16. The minimum atomic E-state index is -0.811. The van der Waals surface area contributed by atoms with Gasteiger partial charge in [0.15, 0.2) is 17.4 Å². The number of pyridine rings is 1. The summed E-state index contributed by atoms with van der Waals surface area (Å²) in [6, 6.07) is 19.3. The van der Waals surface area contributed by atoms with Crippen molar-refractivity contribution in [2.75, 3.05) is 73.6 Å². The van der Waals surface area contributed by atoms with Crippen molar-refractivity contribution in [1.82, 2.24) is 45.5 Å². The van der Waals surface area contributed by atoms with Gasteiger partial charge in [0.05, 0.1) is 33.6 Å². The zero-order valence-electron chi connectivity index (χ0n) is 46.9. The van der Waals surface area contributed by atoms with Crippen molar-refractivity contribution in [1.29, 1.82) is 0 Å². The van der Waals surface area contributed by atoms with Crippen LogP contribution in [0, 0.1) is 30.5 Å². The van der Waals surface area contributed by atoms with Crippen LogP contribution in [-0.4, -0.2) is 146 Å². The molecule has 2 amide bonds. The number of thiazole rings is 1. The lowest BCUT2D eigenvalue weighted by molar-refractivity contribution is -0.141. The third-order valence-corrected chi connectivity index (χ3v) is 19.5. The highest BCUT2D eigenvalue weighted by Gasteiger charge is 2.45. The molecule has 4 N–H and O–H groups in total. The van der Waals surface area contributed by atoms with Gasteiger partial charge in [-0.25, -0.2) is 14.4 Å². The number of carbonyl (C=O) groups excluding carboxylic acids is 2. The van der Waals surface area contributed by atoms with E-state index >= 15 is 4.39 Å². The normalized spacial score (nSPS) is 22.7. The number of fused-ring (bicyclic) bond motifs is 4. The number of benzene rings is 3. The fraction of sp³-hybridized carbons (Fsp3) is 0.500. The topological polar surface area (TPSA) is 192 Å². The Bertz CT molecular complexity index is 3470. The van der Waals surface area contributed by atoms with E-state index in [1.807, 2.05) is 81.7 Å². The van der Waals surface area contributed by atoms with Crippen LogP contribution in [0.2, 0.25) is 0 Å². The van der Waals surface area contributed by atoms with Crippen LogP contribution in [0.25, 0.3) is 43.4 Å². The van der Waals surface area contributed by atoms with E-state index in [1.54, 1.807) is 29.7 Å². The third kappa shape index (κ3) is 10.3. The van der Waals surface area contributed by atoms with E-state index in [4.69, 9.17) is 19.5 Å². The SMILES string of the molecule is CCc1cccc2cc(O)cc(-c3ncc4c(N5CC6CCC(C5)N6)nc(N5CC(N6CCC(CC7CN(c8cc([C@@H](C(=O)N9C[C@H](O)C[C@H]9C(=O)N[C@@H](C)c9ccc(-c%10scnc%10C)cc9)C(C)C)on8)C7)CC6)C5)nc4c3F)c12. The minimum absolute atomic E-state index is 0.0654. The Morgan fingerprint density at radius 1 is 0.889 bits per heavy atom. The fourth-order valence-corrected chi connectivity index (χ4v) is 14.8. The number of halogens is 1. The minimum Gasteiger partial charge on any atom is -0.508 e. The number of piperidine rings is 1. The number of piperazine rings is 1. The second kappa shape index (κ2) is 21.8. The van der Waals surface area contributed by atoms with Crippen LogP contribution < -0.4 is 25.3 Å². The second-order valence-electron chi connectivity index (χ2n) is 24.3. The number of aromatic nitrogens is 5. The van der Waals surface area contributed by atoms with Crippen molar-refractivity contribution in [3.63, 3.8) is 0 Å². The predicted octanol–water partition coefficient (Wildman–Crippen LogP) is 8.62. The zero-order valence-corrected chi connectivity index (χ0v) is 47.7. The number of likely N-dealkylation sites (tertiary alicyclic amines) is 2. The van der Waals surface area contributed by atoms with Crippen molar-refractivity contribution in [3.05, 3.63) is 101 Å². The third-order valence-electron chi connectivity index (χ3n) is 18.5. The molecule has 2 unspecified atom stereocenters. The molecule has 0 aliphatic carbocycles. The number of phenolic OH excluding ortho intramolecular Hbond substituents is 1. The summed E-state index contributed by atoms with van der Waals surface area (Å²) in [5, 5.41) is 35.3. The number of anilines is 3. The first-order valence-corrected chi connectivity index (χ1v) is 30.2. The molecule has 17 nitrogen and oxygen atoms in total. The standard InChI is InChI=1S/C62H73FN12O5S/c1-6-39-8-7-9-42-21-46(76)22-48(54(39)42)56-55(63)57-49(25-64-56)59(73-28-43-14-15-44(29-73)67-43)69-62(68-57)74-30-45(31-74)71-18-16-37(17-19-71)20-38-26-72(27-38)52-24-51(80-70-52)53(34(2)3)61(79)75-32-47(77)23-50(75)60(78)66-35(4)40-10-12-41(13-11-40)58-36(5)65-33-81-58/h7-13,21-22,24-25,33-35,37-38,43-45,47,50,53,67,76-77H,6,14-20,23,26-32H2,1-5H3,(H,66,78)/t35-,43?,44?,47+,50-,53-/m0/s1. The van der Waals surface area contributed by atoms with Gasteiger partial charge >= 0.3 is 0 Å². The number of rotatable bonds is 15. The Morgan fingerprint density at radius 3 is 2.37 bits per heavy atom. The smallest absolute Gasteiger partial charge is 0.243 e. The van der Waals surface area contributed by atoms with E-state index in [0.29, 0.717) is 52.6 Å². The first-order chi connectivity index (χ1) is 39.2. The van der Waals surface area contributed by atoms with E-state index in [2.05, 4.69) is 47.3 Å². The van der Waals surface area contributed by atoms with Gasteiger partial charge in [0.25, 0.3) is 0 Å². The molecular formula is C62H73FN12O5S. The number of phenols is 1. The largest absolute Gasteiger partial charge is 0.508 e. The molecule has 6 atom stereocenters. The van der Waals surface area contributed by atoms with Crippen LogP contribution in [0.15, 0.2) is 76.9 Å². The van der Waals surface area contributed by atoms with E-state index in [0.717, 1.165) is 141 Å². The number of aliphatic hydroxyl groups is 1. The van der Waals surface area contributed by atoms with Gasteiger partial charge in [-0.1, -0.05) is 68.4 Å². The van der Waals surface area contributed by atoms with Crippen LogP contribution >= 0.6 is 11.3 Å².